The second-order valence-electron chi connectivity index (χ2n) is 0.0583. The van der Waals surface area contributed by atoms with Crippen molar-refractivity contribution in [2.75, 3.05) is 0 Å². The number of halogens is 2. The van der Waals surface area contributed by atoms with Gasteiger partial charge < -0.3 is 5.48 Å². The first-order valence-electron chi connectivity index (χ1n) is 0.309. The van der Waals surface area contributed by atoms with Gasteiger partial charge in [-0.05, 0) is 0 Å². The van der Waals surface area contributed by atoms with Crippen LogP contribution in [0, 0.1) is 0 Å². The molecule has 0 aromatic carbocycles. The summed E-state index contributed by atoms with van der Waals surface area (Å²) in [4.78, 5) is 0. The molecule has 0 aliphatic carbocycles. The van der Waals surface area contributed by atoms with Crippen molar-refractivity contribution in [3.05, 3.63) is 0 Å². The molecule has 0 aliphatic rings. The molecule has 0 atom stereocenters. The Labute approximate surface area is 45.0 Å². The molecular formula is H2Br2OSe. The first kappa shape index (κ1) is 9.06. The van der Waals surface area contributed by atoms with Gasteiger partial charge in [-0.15, -0.1) is 0 Å². The van der Waals surface area contributed by atoms with Crippen LogP contribution in [0.2, 0.25) is 0 Å². The first-order valence-corrected chi connectivity index (χ1v) is 8.33. The molecule has 0 aromatic heterocycles. The van der Waals surface area contributed by atoms with Crippen LogP contribution < -0.4 is 0 Å². The summed E-state index contributed by atoms with van der Waals surface area (Å²) >= 11 is 6.75. The van der Waals surface area contributed by atoms with E-state index in [0.29, 0.717) is 11.3 Å². The van der Waals surface area contributed by atoms with Crippen molar-refractivity contribution in [1.29, 1.82) is 0 Å². The molecular weight excluding hydrogens is 255 g/mol. The third-order valence-electron chi connectivity index (χ3n) is 0. The van der Waals surface area contributed by atoms with Gasteiger partial charge in [0.2, 0.25) is 0 Å². The molecule has 0 saturated heterocycles. The van der Waals surface area contributed by atoms with Crippen LogP contribution in [-0.2, 0) is 0 Å². The Bertz CT molecular complexity index is 6.00. The fraction of sp³-hybridized carbons (Fsp3) is 0. The van der Waals surface area contributed by atoms with Crippen molar-refractivity contribution >= 4 is 39.6 Å². The minimum Gasteiger partial charge on any atom is -0.412 e. The quantitative estimate of drug-likeness (QED) is 0.565. The molecule has 0 saturated carbocycles. The van der Waals surface area contributed by atoms with E-state index in [9.17, 15) is 0 Å². The van der Waals surface area contributed by atoms with Gasteiger partial charge >= 0.3 is 39.6 Å². The normalized spacial score (nSPS) is 4.50. The second kappa shape index (κ2) is 8.83. The maximum absolute atomic E-state index is 3.12. The number of hydrogen-bond acceptors (Lipinski definition) is 0. The minimum atomic E-state index is 0. The van der Waals surface area contributed by atoms with Gasteiger partial charge in [0.15, 0.2) is 0 Å². The van der Waals surface area contributed by atoms with Crippen molar-refractivity contribution < 1.29 is 5.48 Å². The molecule has 0 spiro atoms. The fourth-order valence-electron chi connectivity index (χ4n) is 0. The maximum atomic E-state index is 3.12. The monoisotopic (exact) mass is 256 g/mol. The second-order valence-corrected chi connectivity index (χ2v) is 8.18. The van der Waals surface area contributed by atoms with Gasteiger partial charge in [-0.25, -0.2) is 0 Å². The largest absolute Gasteiger partial charge is 0.412 e. The molecule has 0 radical (unpaired) electrons. The summed E-state index contributed by atoms with van der Waals surface area (Å²) in [5.41, 5.74) is 0. The molecule has 2 N–H and O–H groups in total. The molecule has 0 aromatic rings. The Morgan fingerprint density at radius 3 is 1.25 bits per heavy atom. The molecule has 0 heterocycles. The summed E-state index contributed by atoms with van der Waals surface area (Å²) < 4.78 is 0. The Hall–Kier alpha value is 1.44. The molecule has 28 valence electrons. The third kappa shape index (κ3) is 9.88. The standard InChI is InChI=1S/Br2Se.H2O/c1-3-2;/h;1H2. The smallest absolute Gasteiger partial charge is 0.412 e. The number of hydrogen-bond donors (Lipinski definition) is 0. The Morgan fingerprint density at radius 1 is 1.25 bits per heavy atom. The van der Waals surface area contributed by atoms with Crippen molar-refractivity contribution in [2.45, 2.75) is 0 Å². The average molecular weight is 257 g/mol. The molecule has 0 fully saturated rings. The van der Waals surface area contributed by atoms with E-state index in [1.165, 1.54) is 0 Å². The van der Waals surface area contributed by atoms with Crippen LogP contribution in [0.5, 0.6) is 0 Å². The topological polar surface area (TPSA) is 31.5 Å². The zero-order valence-electron chi connectivity index (χ0n) is 1.66. The van der Waals surface area contributed by atoms with E-state index >= 15 is 0 Å². The summed E-state index contributed by atoms with van der Waals surface area (Å²) in [6.45, 7) is 0. The van der Waals surface area contributed by atoms with Crippen molar-refractivity contribution in [2.24, 2.45) is 0 Å². The van der Waals surface area contributed by atoms with Crippen LogP contribution in [0.3, 0.4) is 0 Å². The van der Waals surface area contributed by atoms with Crippen LogP contribution >= 0.6 is 28.2 Å². The van der Waals surface area contributed by atoms with Crippen LogP contribution in [0.1, 0.15) is 0 Å². The van der Waals surface area contributed by atoms with Crippen molar-refractivity contribution in [3.8, 4) is 0 Å². The van der Waals surface area contributed by atoms with Gasteiger partial charge in [-0.2, -0.15) is 0 Å². The van der Waals surface area contributed by atoms with Crippen LogP contribution in [-0.4, -0.2) is 16.8 Å². The van der Waals surface area contributed by atoms with Crippen LogP contribution in [0.15, 0.2) is 0 Å². The predicted octanol–water partition coefficient (Wildman–Crippen LogP) is 0.486. The maximum Gasteiger partial charge on any atom is -0.412 e. The third-order valence-corrected chi connectivity index (χ3v) is 0. The zero-order valence-corrected chi connectivity index (χ0v) is 6.55. The predicted molar refractivity (Wildman–Crippen MR) is 27.2 cm³/mol. The van der Waals surface area contributed by atoms with Crippen molar-refractivity contribution in [1.82, 2.24) is 0 Å². The van der Waals surface area contributed by atoms with Gasteiger partial charge in [0.05, 0.1) is 0 Å². The molecule has 0 unspecified atom stereocenters. The summed E-state index contributed by atoms with van der Waals surface area (Å²) in [6.07, 6.45) is 0. The van der Waals surface area contributed by atoms with Crippen LogP contribution in [0.25, 0.3) is 0 Å². The minimum absolute atomic E-state index is 0. The molecule has 0 aliphatic heterocycles. The Morgan fingerprint density at radius 2 is 1.25 bits per heavy atom. The Kier molecular flexibility index (Phi) is 20.0. The summed E-state index contributed by atoms with van der Waals surface area (Å²) in [5, 5.41) is 0. The van der Waals surface area contributed by atoms with E-state index in [0.717, 1.165) is 0 Å². The summed E-state index contributed by atoms with van der Waals surface area (Å²) in [5.74, 6) is 0. The molecule has 1 nitrogen and oxygen atoms in total. The fourth-order valence-corrected chi connectivity index (χ4v) is 0. The first-order chi connectivity index (χ1) is 1.41. The van der Waals surface area contributed by atoms with E-state index in [1.54, 1.807) is 0 Å². The van der Waals surface area contributed by atoms with Gasteiger partial charge in [0, 0.05) is 0 Å². The number of rotatable bonds is 0. The van der Waals surface area contributed by atoms with E-state index in [1.807, 2.05) is 0 Å². The van der Waals surface area contributed by atoms with Gasteiger partial charge in [0.1, 0.15) is 0 Å². The molecule has 0 bridgehead atoms. The van der Waals surface area contributed by atoms with E-state index in [4.69, 9.17) is 0 Å². The van der Waals surface area contributed by atoms with Crippen LogP contribution in [0.4, 0.5) is 0 Å². The summed E-state index contributed by atoms with van der Waals surface area (Å²) in [7, 11) is 0. The molecule has 0 rings (SSSR count). The average Bonchev–Trinajstić information content (AvgIpc) is 0.918. The molecule has 0 amide bonds. The SMILES string of the molecule is Br[Se]Br.O. The van der Waals surface area contributed by atoms with Gasteiger partial charge in [-0.1, -0.05) is 0 Å². The van der Waals surface area contributed by atoms with Gasteiger partial charge in [0.25, 0.3) is 0 Å². The van der Waals surface area contributed by atoms with E-state index < -0.39 is 0 Å². The summed E-state index contributed by atoms with van der Waals surface area (Å²) in [6, 6.07) is 0. The molecule has 4 heteroatoms. The molecule has 4 heavy (non-hydrogen) atoms. The zero-order chi connectivity index (χ0) is 2.71. The Balaban J connectivity index is 0. The van der Waals surface area contributed by atoms with Gasteiger partial charge in [-0.3, -0.25) is 0 Å². The van der Waals surface area contributed by atoms with E-state index in [2.05, 4.69) is 28.2 Å². The van der Waals surface area contributed by atoms with E-state index in [-0.39, 0.29) is 5.48 Å². The van der Waals surface area contributed by atoms with Crippen molar-refractivity contribution in [3.63, 3.8) is 0 Å².